The molecule has 6 heteroatoms. The molecule has 0 aliphatic rings. The van der Waals surface area contributed by atoms with E-state index in [9.17, 15) is 9.18 Å². The number of amides is 1. The van der Waals surface area contributed by atoms with Gasteiger partial charge in [-0.3, -0.25) is 4.79 Å². The number of hydrogen-bond donors (Lipinski definition) is 2. The Kier molecular flexibility index (Phi) is 4.28. The van der Waals surface area contributed by atoms with Gasteiger partial charge in [-0.25, -0.2) is 4.39 Å². The first kappa shape index (κ1) is 12.5. The van der Waals surface area contributed by atoms with E-state index in [0.717, 1.165) is 11.8 Å². The highest BCUT2D eigenvalue weighted by Crippen LogP contribution is 2.21. The van der Waals surface area contributed by atoms with Crippen molar-refractivity contribution in [3.05, 3.63) is 29.6 Å². The molecule has 0 saturated heterocycles. The molecule has 0 aromatic heterocycles. The summed E-state index contributed by atoms with van der Waals surface area (Å²) in [6.45, 7) is 0. The van der Waals surface area contributed by atoms with Crippen LogP contribution in [0.2, 0.25) is 0 Å². The summed E-state index contributed by atoms with van der Waals surface area (Å²) in [4.78, 5) is 11.1. The van der Waals surface area contributed by atoms with Crippen molar-refractivity contribution in [3.63, 3.8) is 0 Å². The van der Waals surface area contributed by atoms with E-state index < -0.39 is 17.8 Å². The molecule has 0 unspecified atom stereocenters. The van der Waals surface area contributed by atoms with Gasteiger partial charge in [0.2, 0.25) is 5.91 Å². The van der Waals surface area contributed by atoms with Gasteiger partial charge in [0.15, 0.2) is 0 Å². The number of primary amides is 1. The maximum Gasteiger partial charge on any atom is 0.247 e. The molecule has 84 valence electrons. The Hall–Kier alpha value is -1.58. The van der Waals surface area contributed by atoms with E-state index in [1.54, 1.807) is 12.1 Å². The van der Waals surface area contributed by atoms with Gasteiger partial charge in [-0.2, -0.15) is 5.26 Å². The van der Waals surface area contributed by atoms with Crippen LogP contribution in [0.4, 0.5) is 4.39 Å². The van der Waals surface area contributed by atoms with Crippen molar-refractivity contribution in [3.8, 4) is 6.07 Å². The average molecular weight is 240 g/mol. The lowest BCUT2D eigenvalue weighted by Crippen LogP contribution is -2.30. The maximum absolute atomic E-state index is 13.1. The Morgan fingerprint density at radius 1 is 1.69 bits per heavy atom. The Morgan fingerprint density at radius 2 is 2.38 bits per heavy atom. The van der Waals surface area contributed by atoms with E-state index in [0.29, 0.717) is 4.90 Å². The van der Waals surface area contributed by atoms with Gasteiger partial charge in [-0.1, -0.05) is 0 Å². The fourth-order valence-corrected chi connectivity index (χ4v) is 1.80. The minimum absolute atomic E-state index is 0.0419. The summed E-state index contributed by atoms with van der Waals surface area (Å²) in [5, 5.41) is 17.6. The van der Waals surface area contributed by atoms with Crippen LogP contribution in [0.25, 0.3) is 0 Å². The number of carbonyl (C=O) groups is 1. The van der Waals surface area contributed by atoms with Gasteiger partial charge in [0.1, 0.15) is 18.0 Å². The molecular formula is C10H9FN2O2S. The third kappa shape index (κ3) is 3.22. The molecule has 1 atom stereocenters. The number of hydrogen-bond acceptors (Lipinski definition) is 4. The quantitative estimate of drug-likeness (QED) is 0.756. The molecule has 1 amide bonds. The van der Waals surface area contributed by atoms with Gasteiger partial charge in [0.25, 0.3) is 0 Å². The average Bonchev–Trinajstić information content (AvgIpc) is 2.25. The van der Waals surface area contributed by atoms with Crippen molar-refractivity contribution in [1.82, 2.24) is 0 Å². The molecule has 0 bridgehead atoms. The fourth-order valence-electron chi connectivity index (χ4n) is 0.934. The second kappa shape index (κ2) is 5.49. The number of nitriles is 1. The largest absolute Gasteiger partial charge is 0.382 e. The van der Waals surface area contributed by atoms with Crippen molar-refractivity contribution in [2.45, 2.75) is 11.0 Å². The number of aliphatic hydroxyl groups excluding tert-OH is 1. The van der Waals surface area contributed by atoms with Crippen LogP contribution in [0.1, 0.15) is 5.56 Å². The molecule has 0 aliphatic heterocycles. The van der Waals surface area contributed by atoms with Gasteiger partial charge in [0, 0.05) is 10.6 Å². The van der Waals surface area contributed by atoms with Crippen LogP contribution in [0.5, 0.6) is 0 Å². The normalized spacial score (nSPS) is 11.8. The maximum atomic E-state index is 13.1. The molecule has 0 radical (unpaired) electrons. The molecule has 0 heterocycles. The Bertz CT molecular complexity index is 445. The first-order valence-electron chi connectivity index (χ1n) is 4.34. The topological polar surface area (TPSA) is 87.1 Å². The summed E-state index contributed by atoms with van der Waals surface area (Å²) in [5.41, 5.74) is 4.81. The number of nitrogens with two attached hydrogens (primary N) is 1. The van der Waals surface area contributed by atoms with Crippen LogP contribution < -0.4 is 5.73 Å². The number of aliphatic hydroxyl groups is 1. The predicted molar refractivity (Wildman–Crippen MR) is 57.0 cm³/mol. The zero-order valence-electron chi connectivity index (χ0n) is 8.18. The molecule has 0 aliphatic carbocycles. The number of nitrogens with zero attached hydrogens (tertiary/aromatic N) is 1. The minimum atomic E-state index is -1.26. The highest BCUT2D eigenvalue weighted by Gasteiger charge is 2.11. The van der Waals surface area contributed by atoms with Crippen molar-refractivity contribution < 1.29 is 14.3 Å². The summed E-state index contributed by atoms with van der Waals surface area (Å²) >= 11 is 1.09. The lowest BCUT2D eigenvalue weighted by Gasteiger charge is -2.06. The van der Waals surface area contributed by atoms with Gasteiger partial charge in [-0.15, -0.1) is 11.8 Å². The van der Waals surface area contributed by atoms with E-state index in [1.807, 2.05) is 0 Å². The summed E-state index contributed by atoms with van der Waals surface area (Å²) < 4.78 is 13.1. The smallest absolute Gasteiger partial charge is 0.247 e. The molecule has 1 rings (SSSR count). The zero-order valence-corrected chi connectivity index (χ0v) is 9.00. The first-order valence-corrected chi connectivity index (χ1v) is 5.33. The third-order valence-electron chi connectivity index (χ3n) is 1.80. The number of halogens is 1. The van der Waals surface area contributed by atoms with E-state index >= 15 is 0 Å². The molecule has 1 aromatic carbocycles. The fraction of sp³-hybridized carbons (Fsp3) is 0.200. The molecular weight excluding hydrogens is 231 g/mol. The van der Waals surface area contributed by atoms with Crippen LogP contribution in [-0.2, 0) is 4.79 Å². The SMILES string of the molecule is N#Cc1ccc(SC[C@H](O)C(N)=O)cc1F. The summed E-state index contributed by atoms with van der Waals surface area (Å²) in [6, 6.07) is 5.76. The first-order chi connectivity index (χ1) is 7.54. The lowest BCUT2D eigenvalue weighted by atomic mass is 10.2. The summed E-state index contributed by atoms with van der Waals surface area (Å²) in [5.74, 6) is -1.39. The predicted octanol–water partition coefficient (Wildman–Crippen LogP) is 0.636. The van der Waals surface area contributed by atoms with Gasteiger partial charge in [0.05, 0.1) is 5.56 Å². The van der Waals surface area contributed by atoms with E-state index in [2.05, 4.69) is 0 Å². The molecule has 0 saturated carbocycles. The van der Waals surface area contributed by atoms with Crippen molar-refractivity contribution >= 4 is 17.7 Å². The standard InChI is InChI=1S/C10H9FN2O2S/c11-8-3-7(2-1-6(8)4-12)16-5-9(14)10(13)15/h1-3,9,14H,5H2,(H2,13,15)/t9-/m0/s1. The van der Waals surface area contributed by atoms with Crippen molar-refractivity contribution in [2.75, 3.05) is 5.75 Å². The van der Waals surface area contributed by atoms with E-state index in [-0.39, 0.29) is 11.3 Å². The van der Waals surface area contributed by atoms with Crippen LogP contribution in [0.15, 0.2) is 23.1 Å². The Morgan fingerprint density at radius 3 is 2.88 bits per heavy atom. The number of benzene rings is 1. The second-order valence-electron chi connectivity index (χ2n) is 2.98. The number of rotatable bonds is 4. The third-order valence-corrected chi connectivity index (χ3v) is 2.87. The summed E-state index contributed by atoms with van der Waals surface area (Å²) in [6.07, 6.45) is -1.26. The van der Waals surface area contributed by atoms with Crippen molar-refractivity contribution in [1.29, 1.82) is 5.26 Å². The zero-order chi connectivity index (χ0) is 12.1. The lowest BCUT2D eigenvalue weighted by molar-refractivity contribution is -0.124. The number of thioether (sulfide) groups is 1. The second-order valence-corrected chi connectivity index (χ2v) is 4.08. The molecule has 4 nitrogen and oxygen atoms in total. The minimum Gasteiger partial charge on any atom is -0.382 e. The molecule has 0 spiro atoms. The summed E-state index contributed by atoms with van der Waals surface area (Å²) in [7, 11) is 0. The van der Waals surface area contributed by atoms with E-state index in [4.69, 9.17) is 16.1 Å². The van der Waals surface area contributed by atoms with Crippen molar-refractivity contribution in [2.24, 2.45) is 5.73 Å². The van der Waals surface area contributed by atoms with Gasteiger partial charge in [-0.05, 0) is 18.2 Å². The van der Waals surface area contributed by atoms with Crippen LogP contribution >= 0.6 is 11.8 Å². The monoisotopic (exact) mass is 240 g/mol. The van der Waals surface area contributed by atoms with Crippen LogP contribution in [0, 0.1) is 17.1 Å². The Labute approximate surface area is 95.9 Å². The molecule has 1 aromatic rings. The number of carbonyl (C=O) groups excluding carboxylic acids is 1. The molecule has 3 N–H and O–H groups in total. The highest BCUT2D eigenvalue weighted by molar-refractivity contribution is 7.99. The molecule has 0 fully saturated rings. The van der Waals surface area contributed by atoms with Crippen LogP contribution in [-0.4, -0.2) is 22.9 Å². The highest BCUT2D eigenvalue weighted by atomic mass is 32.2. The van der Waals surface area contributed by atoms with Gasteiger partial charge < -0.3 is 10.8 Å². The Balaban J connectivity index is 2.66. The van der Waals surface area contributed by atoms with Crippen LogP contribution in [0.3, 0.4) is 0 Å². The molecule has 16 heavy (non-hydrogen) atoms. The van der Waals surface area contributed by atoms with E-state index in [1.165, 1.54) is 12.1 Å². The van der Waals surface area contributed by atoms with Gasteiger partial charge >= 0.3 is 0 Å².